The first-order chi connectivity index (χ1) is 14.5. The molecule has 166 valence electrons. The quantitative estimate of drug-likeness (QED) is 0.695. The van der Waals surface area contributed by atoms with Gasteiger partial charge in [-0.3, -0.25) is 14.6 Å². The molecular weight excluding hydrogens is 422 g/mol. The van der Waals surface area contributed by atoms with Gasteiger partial charge in [0.2, 0.25) is 0 Å². The highest BCUT2D eigenvalue weighted by Gasteiger charge is 2.52. The second kappa shape index (κ2) is 8.50. The third kappa shape index (κ3) is 4.61. The van der Waals surface area contributed by atoms with Crippen molar-refractivity contribution in [3.05, 3.63) is 53.1 Å². The van der Waals surface area contributed by atoms with Gasteiger partial charge in [0.05, 0.1) is 7.11 Å². The number of benzene rings is 1. The maximum absolute atomic E-state index is 13.9. The molecule has 0 radical (unpaired) electrons. The number of methoxy groups -OCH3 is 1. The number of carbonyl (C=O) groups excluding carboxylic acids is 2. The molecule has 7 nitrogen and oxygen atoms in total. The van der Waals surface area contributed by atoms with Gasteiger partial charge in [-0.1, -0.05) is 6.07 Å². The van der Waals surface area contributed by atoms with Crippen LogP contribution in [0.5, 0.6) is 5.75 Å². The number of aromatic nitrogens is 1. The van der Waals surface area contributed by atoms with E-state index in [1.54, 1.807) is 0 Å². The van der Waals surface area contributed by atoms with Crippen molar-refractivity contribution < 1.29 is 36.6 Å². The molecule has 2 amide bonds. The smallest absolute Gasteiger partial charge is 0.414 e. The minimum absolute atomic E-state index is 0.0501. The molecule has 1 aliphatic heterocycles. The molecule has 3 rings (SSSR count). The lowest BCUT2D eigenvalue weighted by molar-refractivity contribution is -0.213. The molecule has 31 heavy (non-hydrogen) atoms. The van der Waals surface area contributed by atoms with Gasteiger partial charge < -0.3 is 20.5 Å². The van der Waals surface area contributed by atoms with Crippen LogP contribution < -0.4 is 15.8 Å². The molecule has 1 aromatic carbocycles. The summed E-state index contributed by atoms with van der Waals surface area (Å²) in [6.07, 6.45) is -7.78. The Labute approximate surface area is 174 Å². The Morgan fingerprint density at radius 2 is 2.00 bits per heavy atom. The van der Waals surface area contributed by atoms with Crippen molar-refractivity contribution in [2.75, 3.05) is 12.4 Å². The van der Waals surface area contributed by atoms with Gasteiger partial charge in [-0.25, -0.2) is 4.39 Å². The van der Waals surface area contributed by atoms with Gasteiger partial charge in [0.15, 0.2) is 6.10 Å². The van der Waals surface area contributed by atoms with Crippen molar-refractivity contribution in [1.82, 2.24) is 4.98 Å². The number of alkyl halides is 3. The minimum atomic E-state index is -4.70. The number of hydrogen-bond donors (Lipinski definition) is 2. The number of hydrogen-bond acceptors (Lipinski definition) is 5. The number of primary amides is 1. The van der Waals surface area contributed by atoms with Crippen molar-refractivity contribution in [1.29, 1.82) is 0 Å². The fraction of sp³-hybridized carbons (Fsp3) is 0.350. The predicted octanol–water partition coefficient (Wildman–Crippen LogP) is 3.08. The van der Waals surface area contributed by atoms with E-state index in [2.05, 4.69) is 10.3 Å². The molecule has 2 aromatic rings. The van der Waals surface area contributed by atoms with E-state index in [-0.39, 0.29) is 28.3 Å². The lowest BCUT2D eigenvalue weighted by atomic mass is 9.88. The summed E-state index contributed by atoms with van der Waals surface area (Å²) in [6, 6.07) is 4.92. The highest BCUT2D eigenvalue weighted by atomic mass is 19.4. The third-order valence-electron chi connectivity index (χ3n) is 5.02. The zero-order valence-corrected chi connectivity index (χ0v) is 16.5. The summed E-state index contributed by atoms with van der Waals surface area (Å²) in [6.45, 7) is 1.42. The van der Waals surface area contributed by atoms with E-state index >= 15 is 0 Å². The molecule has 0 bridgehead atoms. The Balaban J connectivity index is 1.96. The Kier molecular flexibility index (Phi) is 6.16. The van der Waals surface area contributed by atoms with Crippen LogP contribution in [0.4, 0.5) is 23.2 Å². The number of pyridine rings is 1. The first-order valence-corrected chi connectivity index (χ1v) is 9.14. The van der Waals surface area contributed by atoms with E-state index in [0.717, 1.165) is 6.07 Å². The summed E-state index contributed by atoms with van der Waals surface area (Å²) in [5, 5.41) is 2.42. The van der Waals surface area contributed by atoms with E-state index in [9.17, 15) is 27.2 Å². The van der Waals surface area contributed by atoms with Crippen molar-refractivity contribution in [2.45, 2.75) is 37.6 Å². The standard InChI is InChI=1S/C20H19F4N3O4/c1-9-13(21)4-3-11(16(9)30-2)12-8-15(20(22,23)24)31-17(12)19(29)27-10-5-6-26-14(7-10)18(25)28/h3-7,12,15,17H,8H2,1-2H3,(H2,25,28)(H,26,27,29)/t12-,15+,17+/m0/s1. The van der Waals surface area contributed by atoms with Gasteiger partial charge >= 0.3 is 6.18 Å². The van der Waals surface area contributed by atoms with Gasteiger partial charge in [-0.05, 0) is 31.5 Å². The van der Waals surface area contributed by atoms with Crippen LogP contribution in [0.25, 0.3) is 0 Å². The summed E-state index contributed by atoms with van der Waals surface area (Å²) in [4.78, 5) is 27.9. The summed E-state index contributed by atoms with van der Waals surface area (Å²) in [7, 11) is 1.26. The number of ether oxygens (including phenoxy) is 2. The Bertz CT molecular complexity index is 1010. The zero-order chi connectivity index (χ0) is 22.9. The number of amides is 2. The minimum Gasteiger partial charge on any atom is -0.496 e. The Morgan fingerprint density at radius 3 is 2.61 bits per heavy atom. The number of carbonyl (C=O) groups is 2. The molecule has 0 unspecified atom stereocenters. The second-order valence-electron chi connectivity index (χ2n) is 7.01. The molecule has 1 saturated heterocycles. The van der Waals surface area contributed by atoms with Crippen LogP contribution in [0.15, 0.2) is 30.5 Å². The van der Waals surface area contributed by atoms with Gasteiger partial charge in [0.25, 0.3) is 11.8 Å². The maximum atomic E-state index is 13.9. The lowest BCUT2D eigenvalue weighted by Gasteiger charge is -2.21. The average molecular weight is 441 g/mol. The maximum Gasteiger partial charge on any atom is 0.414 e. The topological polar surface area (TPSA) is 104 Å². The van der Waals surface area contributed by atoms with E-state index in [1.807, 2.05) is 0 Å². The average Bonchev–Trinajstić information content (AvgIpc) is 3.16. The van der Waals surface area contributed by atoms with Crippen molar-refractivity contribution in [3.8, 4) is 5.75 Å². The number of halogens is 4. The largest absolute Gasteiger partial charge is 0.496 e. The fourth-order valence-electron chi connectivity index (χ4n) is 3.53. The number of nitrogens with one attached hydrogen (secondary N) is 1. The molecule has 3 N–H and O–H groups in total. The van der Waals surface area contributed by atoms with E-state index in [0.29, 0.717) is 0 Å². The van der Waals surface area contributed by atoms with Gasteiger partial charge in [0, 0.05) is 28.9 Å². The van der Waals surface area contributed by atoms with Crippen LogP contribution in [0, 0.1) is 12.7 Å². The van der Waals surface area contributed by atoms with Crippen LogP contribution in [0.2, 0.25) is 0 Å². The number of anilines is 1. The first-order valence-electron chi connectivity index (χ1n) is 9.14. The molecule has 2 heterocycles. The van der Waals surface area contributed by atoms with Gasteiger partial charge in [-0.15, -0.1) is 0 Å². The highest BCUT2D eigenvalue weighted by molar-refractivity contribution is 5.97. The summed E-state index contributed by atoms with van der Waals surface area (Å²) >= 11 is 0. The second-order valence-corrected chi connectivity index (χ2v) is 7.01. The first kappa shape index (κ1) is 22.5. The summed E-state index contributed by atoms with van der Waals surface area (Å²) in [5.41, 5.74) is 5.45. The SMILES string of the molecule is COc1c([C@@H]2C[C@H](C(F)(F)F)O[C@H]2C(=O)Nc2ccnc(C(N)=O)c2)ccc(F)c1C. The number of nitrogens with zero attached hydrogens (tertiary/aromatic N) is 1. The molecule has 0 aliphatic carbocycles. The predicted molar refractivity (Wildman–Crippen MR) is 101 cm³/mol. The molecule has 1 fully saturated rings. The number of nitrogens with two attached hydrogens (primary N) is 1. The van der Waals surface area contributed by atoms with Crippen LogP contribution in [0.1, 0.15) is 34.0 Å². The Hall–Kier alpha value is -3.21. The van der Waals surface area contributed by atoms with Crippen molar-refractivity contribution >= 4 is 17.5 Å². The molecular formula is C20H19F4N3O4. The van der Waals surface area contributed by atoms with Gasteiger partial charge in [0.1, 0.15) is 23.4 Å². The normalized spacial score (nSPS) is 21.0. The fourth-order valence-corrected chi connectivity index (χ4v) is 3.53. The molecule has 1 aromatic heterocycles. The number of rotatable bonds is 5. The molecule has 0 spiro atoms. The van der Waals surface area contributed by atoms with Crippen molar-refractivity contribution in [2.24, 2.45) is 5.73 Å². The molecule has 3 atom stereocenters. The highest BCUT2D eigenvalue weighted by Crippen LogP contribution is 2.45. The molecule has 0 saturated carbocycles. The monoisotopic (exact) mass is 441 g/mol. The van der Waals surface area contributed by atoms with E-state index in [1.165, 1.54) is 38.4 Å². The van der Waals surface area contributed by atoms with Crippen LogP contribution in [-0.4, -0.2) is 42.3 Å². The van der Waals surface area contributed by atoms with Crippen LogP contribution in [0.3, 0.4) is 0 Å². The van der Waals surface area contributed by atoms with Gasteiger partial charge in [-0.2, -0.15) is 13.2 Å². The zero-order valence-electron chi connectivity index (χ0n) is 16.5. The van der Waals surface area contributed by atoms with E-state index in [4.69, 9.17) is 15.2 Å². The summed E-state index contributed by atoms with van der Waals surface area (Å²) in [5.74, 6) is -3.31. The lowest BCUT2D eigenvalue weighted by Crippen LogP contribution is -2.34. The van der Waals surface area contributed by atoms with Crippen LogP contribution >= 0.6 is 0 Å². The van der Waals surface area contributed by atoms with E-state index < -0.39 is 48.4 Å². The molecule has 11 heteroatoms. The molecule has 1 aliphatic rings. The Morgan fingerprint density at radius 1 is 1.29 bits per heavy atom. The third-order valence-corrected chi connectivity index (χ3v) is 5.02. The summed E-state index contributed by atoms with van der Waals surface area (Å²) < 4.78 is 64.3. The van der Waals surface area contributed by atoms with Crippen molar-refractivity contribution in [3.63, 3.8) is 0 Å². The van der Waals surface area contributed by atoms with Crippen LogP contribution in [-0.2, 0) is 9.53 Å².